The molecule has 0 radical (unpaired) electrons. The number of carbonyl (C=O) groups is 2. The number of carbonyl (C=O) groups excluding carboxylic acids is 2. The van der Waals surface area contributed by atoms with Crippen molar-refractivity contribution in [2.45, 2.75) is 50.8 Å². The molecule has 1 heterocycles. The van der Waals surface area contributed by atoms with Gasteiger partial charge in [0.15, 0.2) is 9.84 Å². The number of benzene rings is 1. The van der Waals surface area contributed by atoms with Gasteiger partial charge in [-0.05, 0) is 18.6 Å². The fourth-order valence-electron chi connectivity index (χ4n) is 3.12. The van der Waals surface area contributed by atoms with Gasteiger partial charge in [-0.1, -0.05) is 51.2 Å². The first kappa shape index (κ1) is 20.9. The summed E-state index contributed by atoms with van der Waals surface area (Å²) in [5.74, 6) is -0.948. The number of hydrogen-bond acceptors (Lipinski definition) is 4. The smallest absolute Gasteiger partial charge is 0.261 e. The van der Waals surface area contributed by atoms with Crippen LogP contribution >= 0.6 is 11.6 Å². The molecule has 0 aromatic heterocycles. The third-order valence-electron chi connectivity index (χ3n) is 4.50. The Kier molecular flexibility index (Phi) is 7.65. The summed E-state index contributed by atoms with van der Waals surface area (Å²) in [7, 11) is -3.30. The monoisotopic (exact) mass is 399 g/mol. The summed E-state index contributed by atoms with van der Waals surface area (Å²) in [6.45, 7) is 2.04. The number of rotatable bonds is 11. The van der Waals surface area contributed by atoms with Crippen LogP contribution in [0.15, 0.2) is 24.3 Å². The summed E-state index contributed by atoms with van der Waals surface area (Å²) < 4.78 is 24.4. The van der Waals surface area contributed by atoms with Crippen LogP contribution in [0, 0.1) is 0 Å². The minimum Gasteiger partial charge on any atom is -0.273 e. The average molecular weight is 400 g/mol. The van der Waals surface area contributed by atoms with Crippen molar-refractivity contribution in [1.82, 2.24) is 4.90 Å². The molecule has 0 bridgehead atoms. The quantitative estimate of drug-likeness (QED) is 0.323. The molecule has 0 spiro atoms. The maximum absolute atomic E-state index is 12.3. The van der Waals surface area contributed by atoms with E-state index in [4.69, 9.17) is 11.6 Å². The average Bonchev–Trinajstić information content (AvgIpc) is 2.83. The molecule has 0 N–H and O–H groups in total. The Labute approximate surface area is 160 Å². The third kappa shape index (κ3) is 5.55. The van der Waals surface area contributed by atoms with E-state index in [1.54, 1.807) is 24.3 Å². The van der Waals surface area contributed by atoms with Crippen molar-refractivity contribution in [3.05, 3.63) is 35.4 Å². The van der Waals surface area contributed by atoms with E-state index in [-0.39, 0.29) is 18.1 Å². The van der Waals surface area contributed by atoms with Crippen LogP contribution in [0.1, 0.15) is 66.2 Å². The van der Waals surface area contributed by atoms with Crippen molar-refractivity contribution in [3.63, 3.8) is 0 Å². The van der Waals surface area contributed by atoms with Crippen LogP contribution in [-0.2, 0) is 9.84 Å². The molecule has 1 aliphatic heterocycles. The lowest BCUT2D eigenvalue weighted by Crippen LogP contribution is -2.37. The van der Waals surface area contributed by atoms with Gasteiger partial charge in [-0.15, -0.1) is 11.6 Å². The van der Waals surface area contributed by atoms with E-state index in [2.05, 4.69) is 6.92 Å². The number of nitrogens with zero attached hydrogens (tertiary/aromatic N) is 1. The second kappa shape index (κ2) is 9.51. The minimum atomic E-state index is -3.30. The normalized spacial score (nSPS) is 15.4. The zero-order chi connectivity index (χ0) is 19.2. The lowest BCUT2D eigenvalue weighted by atomic mass is 10.1. The fraction of sp³-hybridized carbons (Fsp3) is 0.579. The summed E-state index contributed by atoms with van der Waals surface area (Å²) >= 11 is 6.17. The van der Waals surface area contributed by atoms with Crippen molar-refractivity contribution in [2.75, 3.05) is 18.1 Å². The number of halogens is 1. The maximum Gasteiger partial charge on any atom is 0.261 e. The van der Waals surface area contributed by atoms with Gasteiger partial charge in [-0.2, -0.15) is 0 Å². The number of amides is 2. The highest BCUT2D eigenvalue weighted by atomic mass is 35.5. The molecule has 5 nitrogen and oxygen atoms in total. The zero-order valence-corrected chi connectivity index (χ0v) is 16.7. The van der Waals surface area contributed by atoms with Crippen LogP contribution in [0.2, 0.25) is 0 Å². The van der Waals surface area contributed by atoms with Crippen LogP contribution in [-0.4, -0.2) is 48.6 Å². The van der Waals surface area contributed by atoms with E-state index in [9.17, 15) is 18.0 Å². The molecule has 1 aromatic rings. The summed E-state index contributed by atoms with van der Waals surface area (Å²) in [6, 6.07) is 6.56. The minimum absolute atomic E-state index is 0.0936. The molecule has 7 heteroatoms. The lowest BCUT2D eigenvalue weighted by molar-refractivity contribution is 0.0655. The van der Waals surface area contributed by atoms with Gasteiger partial charge in [0.25, 0.3) is 11.8 Å². The molecule has 144 valence electrons. The second-order valence-corrected chi connectivity index (χ2v) is 9.59. The van der Waals surface area contributed by atoms with E-state index >= 15 is 0 Å². The fourth-order valence-corrected chi connectivity index (χ4v) is 5.30. The third-order valence-corrected chi connectivity index (χ3v) is 6.80. The van der Waals surface area contributed by atoms with Crippen LogP contribution in [0.4, 0.5) is 0 Å². The zero-order valence-electron chi connectivity index (χ0n) is 15.1. The Morgan fingerprint density at radius 3 is 2.08 bits per heavy atom. The summed E-state index contributed by atoms with van der Waals surface area (Å²) in [6.07, 6.45) is 6.03. The summed E-state index contributed by atoms with van der Waals surface area (Å²) in [4.78, 5) is 25.6. The SMILES string of the molecule is CCCCCCCCS(=O)(=O)CC(Cl)CN1C(=O)c2ccccc2C1=O. The highest BCUT2D eigenvalue weighted by molar-refractivity contribution is 7.91. The van der Waals surface area contributed by atoms with Crippen molar-refractivity contribution in [2.24, 2.45) is 0 Å². The first-order chi connectivity index (χ1) is 12.4. The van der Waals surface area contributed by atoms with E-state index in [0.717, 1.165) is 30.6 Å². The predicted octanol–water partition coefficient (Wildman–Crippen LogP) is 3.67. The van der Waals surface area contributed by atoms with Gasteiger partial charge in [0.2, 0.25) is 0 Å². The summed E-state index contributed by atoms with van der Waals surface area (Å²) in [5.41, 5.74) is 0.688. The molecule has 1 aliphatic rings. The Balaban J connectivity index is 1.82. The van der Waals surface area contributed by atoms with E-state index < -0.39 is 27.0 Å². The second-order valence-electron chi connectivity index (χ2n) is 6.75. The summed E-state index contributed by atoms with van der Waals surface area (Å²) in [5, 5.41) is -0.803. The van der Waals surface area contributed by atoms with Gasteiger partial charge < -0.3 is 0 Å². The highest BCUT2D eigenvalue weighted by Crippen LogP contribution is 2.23. The largest absolute Gasteiger partial charge is 0.273 e. The number of unbranched alkanes of at least 4 members (excludes halogenated alkanes) is 5. The Morgan fingerprint density at radius 1 is 0.962 bits per heavy atom. The molecule has 1 unspecified atom stereocenters. The molecular weight excluding hydrogens is 374 g/mol. The van der Waals surface area contributed by atoms with Crippen LogP contribution < -0.4 is 0 Å². The predicted molar refractivity (Wildman–Crippen MR) is 103 cm³/mol. The highest BCUT2D eigenvalue weighted by Gasteiger charge is 2.36. The van der Waals surface area contributed by atoms with Gasteiger partial charge in [0.1, 0.15) is 0 Å². The first-order valence-electron chi connectivity index (χ1n) is 9.15. The molecule has 0 saturated carbocycles. The lowest BCUT2D eigenvalue weighted by Gasteiger charge is -2.18. The molecule has 0 aliphatic carbocycles. The van der Waals surface area contributed by atoms with Crippen molar-refractivity contribution in [3.8, 4) is 0 Å². The van der Waals surface area contributed by atoms with Crippen molar-refractivity contribution in [1.29, 1.82) is 0 Å². The van der Waals surface area contributed by atoms with E-state index in [1.165, 1.54) is 6.42 Å². The molecule has 0 saturated heterocycles. The molecular formula is C19H26ClNO4S. The number of alkyl halides is 1. The first-order valence-corrected chi connectivity index (χ1v) is 11.4. The standard InChI is InChI=1S/C19H26ClNO4S/c1-2-3-4-5-6-9-12-26(24,25)14-15(20)13-21-18(22)16-10-7-8-11-17(16)19(21)23/h7-8,10-11,15H,2-6,9,12-14H2,1H3. The molecule has 1 aromatic carbocycles. The van der Waals surface area contributed by atoms with Crippen molar-refractivity contribution < 1.29 is 18.0 Å². The van der Waals surface area contributed by atoms with E-state index in [0.29, 0.717) is 17.5 Å². The van der Waals surface area contributed by atoms with Gasteiger partial charge >= 0.3 is 0 Å². The van der Waals surface area contributed by atoms with Gasteiger partial charge in [0, 0.05) is 6.54 Å². The van der Waals surface area contributed by atoms with Gasteiger partial charge in [-0.25, -0.2) is 8.42 Å². The van der Waals surface area contributed by atoms with Crippen LogP contribution in [0.25, 0.3) is 0 Å². The van der Waals surface area contributed by atoms with E-state index in [1.807, 2.05) is 0 Å². The Bertz CT molecular complexity index is 713. The molecule has 2 rings (SSSR count). The molecule has 1 atom stereocenters. The van der Waals surface area contributed by atoms with Gasteiger partial charge in [-0.3, -0.25) is 14.5 Å². The Morgan fingerprint density at radius 2 is 1.50 bits per heavy atom. The topological polar surface area (TPSA) is 71.5 Å². The number of sulfone groups is 1. The molecule has 0 fully saturated rings. The van der Waals surface area contributed by atoms with Crippen molar-refractivity contribution >= 4 is 33.3 Å². The van der Waals surface area contributed by atoms with Crippen LogP contribution in [0.5, 0.6) is 0 Å². The molecule has 2 amide bonds. The Hall–Kier alpha value is -1.40. The number of fused-ring (bicyclic) bond motifs is 1. The number of imide groups is 1. The molecule has 26 heavy (non-hydrogen) atoms. The van der Waals surface area contributed by atoms with Gasteiger partial charge in [0.05, 0.1) is 28.0 Å². The van der Waals surface area contributed by atoms with Crippen LogP contribution in [0.3, 0.4) is 0 Å². The maximum atomic E-state index is 12.3. The number of hydrogen-bond donors (Lipinski definition) is 0.